The van der Waals surface area contributed by atoms with E-state index in [4.69, 9.17) is 14.0 Å². The number of nitrogens with zero attached hydrogens (tertiary/aromatic N) is 3. The molecule has 0 spiro atoms. The van der Waals surface area contributed by atoms with Crippen molar-refractivity contribution >= 4 is 0 Å². The van der Waals surface area contributed by atoms with E-state index in [-0.39, 0.29) is 0 Å². The number of hydrogen-bond acceptors (Lipinski definition) is 6. The van der Waals surface area contributed by atoms with Crippen LogP contribution >= 0.6 is 0 Å². The van der Waals surface area contributed by atoms with Gasteiger partial charge in [0.1, 0.15) is 11.5 Å². The molecule has 0 bridgehead atoms. The smallest absolute Gasteiger partial charge is 0.241 e. The van der Waals surface area contributed by atoms with Gasteiger partial charge in [0.05, 0.1) is 20.8 Å². The van der Waals surface area contributed by atoms with E-state index in [1.807, 2.05) is 36.4 Å². The zero-order valence-electron chi connectivity index (χ0n) is 17.0. The van der Waals surface area contributed by atoms with Gasteiger partial charge in [-0.15, -0.1) is 0 Å². The Hall–Kier alpha value is -2.86. The predicted octanol–water partition coefficient (Wildman–Crippen LogP) is 4.87. The summed E-state index contributed by atoms with van der Waals surface area (Å²) in [6.45, 7) is 1.68. The third-order valence-corrected chi connectivity index (χ3v) is 5.52. The zero-order valence-corrected chi connectivity index (χ0v) is 17.0. The molecule has 1 aromatic heterocycles. The lowest BCUT2D eigenvalue weighted by atomic mass is 10.0. The van der Waals surface area contributed by atoms with Gasteiger partial charge in [-0.2, -0.15) is 4.98 Å². The van der Waals surface area contributed by atoms with E-state index >= 15 is 0 Å². The van der Waals surface area contributed by atoms with Gasteiger partial charge in [-0.1, -0.05) is 30.1 Å². The number of methoxy groups -OCH3 is 2. The maximum absolute atomic E-state index is 5.59. The topological polar surface area (TPSA) is 60.6 Å². The molecule has 1 fully saturated rings. The molecule has 2 aromatic carbocycles. The van der Waals surface area contributed by atoms with Crippen molar-refractivity contribution in [2.45, 2.75) is 38.3 Å². The molecule has 2 heterocycles. The van der Waals surface area contributed by atoms with Crippen LogP contribution in [0.5, 0.6) is 11.5 Å². The van der Waals surface area contributed by atoms with Gasteiger partial charge in [0.2, 0.25) is 11.7 Å². The van der Waals surface area contributed by atoms with Gasteiger partial charge in [0.25, 0.3) is 0 Å². The molecule has 0 radical (unpaired) electrons. The molecule has 0 amide bonds. The quantitative estimate of drug-likeness (QED) is 0.595. The average molecular weight is 393 g/mol. The molecule has 6 heteroatoms. The normalized spacial score (nSPS) is 17.7. The van der Waals surface area contributed by atoms with Crippen molar-refractivity contribution in [3.8, 4) is 22.9 Å². The third-order valence-electron chi connectivity index (χ3n) is 5.52. The summed E-state index contributed by atoms with van der Waals surface area (Å²) in [5, 5.41) is 4.18. The minimum Gasteiger partial charge on any atom is -0.497 e. The summed E-state index contributed by atoms with van der Waals surface area (Å²) in [5.41, 5.74) is 2.23. The summed E-state index contributed by atoms with van der Waals surface area (Å²) >= 11 is 0. The first-order valence-corrected chi connectivity index (χ1v) is 10.1. The van der Waals surface area contributed by atoms with Gasteiger partial charge in [0, 0.05) is 11.6 Å². The molecule has 1 atom stereocenters. The second-order valence-corrected chi connectivity index (χ2v) is 7.35. The van der Waals surface area contributed by atoms with Crippen LogP contribution in [0.4, 0.5) is 0 Å². The highest BCUT2D eigenvalue weighted by Crippen LogP contribution is 2.32. The number of ether oxygens (including phenoxy) is 2. The number of likely N-dealkylation sites (tertiary alicyclic amines) is 1. The van der Waals surface area contributed by atoms with Gasteiger partial charge < -0.3 is 14.0 Å². The molecular weight excluding hydrogens is 366 g/mol. The van der Waals surface area contributed by atoms with E-state index in [0.717, 1.165) is 30.0 Å². The van der Waals surface area contributed by atoms with E-state index in [0.29, 0.717) is 24.3 Å². The minimum atomic E-state index is 0.347. The van der Waals surface area contributed by atoms with E-state index in [1.165, 1.54) is 24.8 Å². The Morgan fingerprint density at radius 3 is 2.31 bits per heavy atom. The van der Waals surface area contributed by atoms with Crippen LogP contribution in [0.1, 0.15) is 43.2 Å². The van der Waals surface area contributed by atoms with E-state index in [2.05, 4.69) is 27.2 Å². The van der Waals surface area contributed by atoms with E-state index in [1.54, 1.807) is 14.2 Å². The summed E-state index contributed by atoms with van der Waals surface area (Å²) in [4.78, 5) is 7.09. The maximum Gasteiger partial charge on any atom is 0.241 e. The number of aromatic nitrogens is 2. The molecule has 0 N–H and O–H groups in total. The molecule has 0 saturated carbocycles. The van der Waals surface area contributed by atoms with Gasteiger partial charge in [-0.05, 0) is 61.3 Å². The molecule has 0 unspecified atom stereocenters. The monoisotopic (exact) mass is 393 g/mol. The summed E-state index contributed by atoms with van der Waals surface area (Å²) in [6.07, 6.45) is 4.80. The second-order valence-electron chi connectivity index (χ2n) is 7.35. The Balaban J connectivity index is 1.51. The molecule has 1 saturated heterocycles. The predicted molar refractivity (Wildman–Crippen MR) is 111 cm³/mol. The molecule has 6 nitrogen and oxygen atoms in total. The fourth-order valence-electron chi connectivity index (χ4n) is 3.91. The second kappa shape index (κ2) is 9.09. The summed E-state index contributed by atoms with van der Waals surface area (Å²) < 4.78 is 16.1. The van der Waals surface area contributed by atoms with Crippen molar-refractivity contribution in [2.75, 3.05) is 20.8 Å². The SMILES string of the molecule is COc1ccc(-c2noc(CN3CCCCC[C@@H]3c3ccc(OC)cc3)n2)cc1. The molecule has 4 rings (SSSR count). The van der Waals surface area contributed by atoms with Crippen LogP contribution in [0.25, 0.3) is 11.4 Å². The number of rotatable bonds is 6. The summed E-state index contributed by atoms with van der Waals surface area (Å²) in [5.74, 6) is 2.95. The van der Waals surface area contributed by atoms with Crippen LogP contribution < -0.4 is 9.47 Å². The molecule has 1 aliphatic rings. The zero-order chi connectivity index (χ0) is 20.1. The summed E-state index contributed by atoms with van der Waals surface area (Å²) in [7, 11) is 3.35. The largest absolute Gasteiger partial charge is 0.497 e. The maximum atomic E-state index is 5.59. The Morgan fingerprint density at radius 1 is 0.931 bits per heavy atom. The average Bonchev–Trinajstić information content (AvgIpc) is 3.12. The van der Waals surface area contributed by atoms with Crippen molar-refractivity contribution in [1.29, 1.82) is 0 Å². The lowest BCUT2D eigenvalue weighted by Gasteiger charge is -2.29. The lowest BCUT2D eigenvalue weighted by molar-refractivity contribution is 0.168. The summed E-state index contributed by atoms with van der Waals surface area (Å²) in [6, 6.07) is 16.4. The van der Waals surface area contributed by atoms with Crippen molar-refractivity contribution in [3.05, 3.63) is 60.0 Å². The molecule has 1 aliphatic heterocycles. The van der Waals surface area contributed by atoms with Gasteiger partial charge in [-0.25, -0.2) is 0 Å². The molecular formula is C23H27N3O3. The molecule has 152 valence electrons. The highest BCUT2D eigenvalue weighted by atomic mass is 16.5. The minimum absolute atomic E-state index is 0.347. The van der Waals surface area contributed by atoms with Crippen LogP contribution in [0.15, 0.2) is 53.1 Å². The fraction of sp³-hybridized carbons (Fsp3) is 0.391. The highest BCUT2D eigenvalue weighted by molar-refractivity contribution is 5.55. The Kier molecular flexibility index (Phi) is 6.10. The van der Waals surface area contributed by atoms with E-state index < -0.39 is 0 Å². The third kappa shape index (κ3) is 4.59. The van der Waals surface area contributed by atoms with Crippen LogP contribution in [0.3, 0.4) is 0 Å². The first-order valence-electron chi connectivity index (χ1n) is 10.1. The molecule has 0 aliphatic carbocycles. The Morgan fingerprint density at radius 2 is 1.62 bits per heavy atom. The first-order chi connectivity index (χ1) is 14.3. The Bertz CT molecular complexity index is 906. The van der Waals surface area contributed by atoms with Crippen LogP contribution in [0, 0.1) is 0 Å². The number of hydrogen-bond donors (Lipinski definition) is 0. The standard InChI is InChI=1S/C23H27N3O3/c1-27-19-11-7-17(8-12-19)21-6-4-3-5-15-26(21)16-22-24-23(25-29-22)18-9-13-20(28-2)14-10-18/h7-14,21H,3-6,15-16H2,1-2H3/t21-/m1/s1. The van der Waals surface area contributed by atoms with Gasteiger partial charge in [-0.3, -0.25) is 4.90 Å². The van der Waals surface area contributed by atoms with Crippen molar-refractivity contribution in [3.63, 3.8) is 0 Å². The molecule has 3 aromatic rings. The lowest BCUT2D eigenvalue weighted by Crippen LogP contribution is -2.28. The fourth-order valence-corrected chi connectivity index (χ4v) is 3.91. The highest BCUT2D eigenvalue weighted by Gasteiger charge is 2.24. The molecule has 29 heavy (non-hydrogen) atoms. The van der Waals surface area contributed by atoms with Crippen LogP contribution in [0.2, 0.25) is 0 Å². The van der Waals surface area contributed by atoms with Crippen molar-refractivity contribution in [1.82, 2.24) is 15.0 Å². The van der Waals surface area contributed by atoms with Crippen molar-refractivity contribution < 1.29 is 14.0 Å². The van der Waals surface area contributed by atoms with E-state index in [9.17, 15) is 0 Å². The van der Waals surface area contributed by atoms with Crippen molar-refractivity contribution in [2.24, 2.45) is 0 Å². The van der Waals surface area contributed by atoms with Crippen LogP contribution in [-0.2, 0) is 6.54 Å². The van der Waals surface area contributed by atoms with Gasteiger partial charge >= 0.3 is 0 Å². The Labute approximate surface area is 171 Å². The first kappa shape index (κ1) is 19.5. The van der Waals surface area contributed by atoms with Gasteiger partial charge in [0.15, 0.2) is 0 Å². The van der Waals surface area contributed by atoms with Crippen LogP contribution in [-0.4, -0.2) is 35.8 Å². The number of benzene rings is 2.